The predicted molar refractivity (Wildman–Crippen MR) is 66.4 cm³/mol. The SMILES string of the molecule is [2H]C/C(=C(\[2H])c1ccccc1)c1ccccc1. The van der Waals surface area contributed by atoms with E-state index in [4.69, 9.17) is 2.74 Å². The van der Waals surface area contributed by atoms with Crippen molar-refractivity contribution in [1.29, 1.82) is 0 Å². The van der Waals surface area contributed by atoms with Crippen LogP contribution in [0.4, 0.5) is 0 Å². The minimum Gasteiger partial charge on any atom is -0.0622 e. The van der Waals surface area contributed by atoms with E-state index in [2.05, 4.69) is 0 Å². The van der Waals surface area contributed by atoms with Crippen molar-refractivity contribution in [3.05, 3.63) is 71.8 Å². The molecule has 0 spiro atoms. The Morgan fingerprint density at radius 1 is 1.00 bits per heavy atom. The Morgan fingerprint density at radius 3 is 2.20 bits per heavy atom. The molecule has 0 aromatic heterocycles. The van der Waals surface area contributed by atoms with Gasteiger partial charge >= 0.3 is 0 Å². The fraction of sp³-hybridized carbons (Fsp3) is 0.0667. The Labute approximate surface area is 93.7 Å². The molecule has 0 amide bonds. The summed E-state index contributed by atoms with van der Waals surface area (Å²) in [6, 6.07) is 19.7. The molecule has 0 bridgehead atoms. The molecule has 0 atom stereocenters. The second-order valence-electron chi connectivity index (χ2n) is 3.34. The molecule has 2 aromatic rings. The highest BCUT2D eigenvalue weighted by Gasteiger charge is 1.93. The van der Waals surface area contributed by atoms with Gasteiger partial charge < -0.3 is 0 Å². The van der Waals surface area contributed by atoms with Gasteiger partial charge in [0.2, 0.25) is 0 Å². The zero-order valence-electron chi connectivity index (χ0n) is 10.5. The molecule has 0 heteroatoms. The molecule has 15 heavy (non-hydrogen) atoms. The van der Waals surface area contributed by atoms with Crippen molar-refractivity contribution in [2.75, 3.05) is 0 Å². The maximum absolute atomic E-state index is 8.17. The van der Waals surface area contributed by atoms with Crippen LogP contribution in [-0.4, -0.2) is 0 Å². The topological polar surface area (TPSA) is 0 Å². The van der Waals surface area contributed by atoms with E-state index in [1.54, 1.807) is 0 Å². The maximum atomic E-state index is 8.17. The maximum Gasteiger partial charge on any atom is 0.0632 e. The summed E-state index contributed by atoms with van der Waals surface area (Å²) < 4.78 is 15.8. The first-order valence-corrected chi connectivity index (χ1v) is 4.92. The average Bonchev–Trinajstić information content (AvgIpc) is 2.42. The molecule has 0 aliphatic carbocycles. The van der Waals surface area contributed by atoms with Crippen molar-refractivity contribution in [2.45, 2.75) is 6.90 Å². The van der Waals surface area contributed by atoms with E-state index < -0.39 is 0 Å². The summed E-state index contributed by atoms with van der Waals surface area (Å²) in [5.41, 5.74) is 2.58. The van der Waals surface area contributed by atoms with Crippen molar-refractivity contribution < 1.29 is 2.74 Å². The summed E-state index contributed by atoms with van der Waals surface area (Å²) in [7, 11) is 0. The molecule has 0 aliphatic rings. The van der Waals surface area contributed by atoms with Crippen molar-refractivity contribution in [2.24, 2.45) is 0 Å². The standard InChI is InChI=1S/C15H14/c1-13(15-10-6-3-7-11-15)12-14-8-4-2-5-9-14/h2-12H,1H3/b13-12-/i1D,12D. The van der Waals surface area contributed by atoms with E-state index in [0.29, 0.717) is 6.05 Å². The highest BCUT2D eigenvalue weighted by atomic mass is 14.0. The summed E-state index contributed by atoms with van der Waals surface area (Å²) in [5, 5.41) is 0. The number of rotatable bonds is 2. The first-order chi connectivity index (χ1) is 8.33. The first-order valence-electron chi connectivity index (χ1n) is 6.13. The summed E-state index contributed by atoms with van der Waals surface area (Å²) >= 11 is 0. The van der Waals surface area contributed by atoms with Gasteiger partial charge in [-0.25, -0.2) is 0 Å². The zero-order valence-corrected chi connectivity index (χ0v) is 8.48. The van der Waals surface area contributed by atoms with E-state index in [0.717, 1.165) is 16.7 Å². The van der Waals surface area contributed by atoms with Crippen LogP contribution in [0.1, 0.15) is 20.8 Å². The Kier molecular flexibility index (Phi) is 2.29. The fourth-order valence-corrected chi connectivity index (χ4v) is 1.41. The van der Waals surface area contributed by atoms with Crippen molar-refractivity contribution >= 4 is 11.6 Å². The number of hydrogen-bond acceptors (Lipinski definition) is 0. The second-order valence-corrected chi connectivity index (χ2v) is 3.34. The lowest BCUT2D eigenvalue weighted by atomic mass is 10.0. The normalized spacial score (nSPS) is 13.9. The van der Waals surface area contributed by atoms with Gasteiger partial charge in [0.1, 0.15) is 0 Å². The summed E-state index contributed by atoms with van der Waals surface area (Å²) in [6.07, 6.45) is 0. The van der Waals surface area contributed by atoms with E-state index in [9.17, 15) is 0 Å². The van der Waals surface area contributed by atoms with Crippen LogP contribution in [0.15, 0.2) is 60.7 Å². The fourth-order valence-electron chi connectivity index (χ4n) is 1.41. The summed E-state index contributed by atoms with van der Waals surface area (Å²) in [5.74, 6) is 0. The van der Waals surface area contributed by atoms with Crippen LogP contribution in [0.2, 0.25) is 0 Å². The van der Waals surface area contributed by atoms with Gasteiger partial charge in [-0.3, -0.25) is 0 Å². The molecule has 0 heterocycles. The Morgan fingerprint density at radius 2 is 1.60 bits per heavy atom. The largest absolute Gasteiger partial charge is 0.0632 e. The first kappa shape index (κ1) is 7.47. The lowest BCUT2D eigenvalue weighted by Crippen LogP contribution is -1.78. The van der Waals surface area contributed by atoms with Crippen LogP contribution in [0.25, 0.3) is 11.6 Å². The smallest absolute Gasteiger partial charge is 0.0622 e. The van der Waals surface area contributed by atoms with Gasteiger partial charge in [-0.2, -0.15) is 0 Å². The molecule has 0 saturated carbocycles. The third-order valence-corrected chi connectivity index (χ3v) is 2.19. The molecular weight excluding hydrogens is 180 g/mol. The highest BCUT2D eigenvalue weighted by Crippen LogP contribution is 2.16. The van der Waals surface area contributed by atoms with Gasteiger partial charge in [0.05, 0.1) is 1.37 Å². The van der Waals surface area contributed by atoms with Crippen LogP contribution in [0.3, 0.4) is 0 Å². The summed E-state index contributed by atoms with van der Waals surface area (Å²) in [6.45, 7) is 0.123. The minimum absolute atomic E-state index is 0.123. The van der Waals surface area contributed by atoms with Crippen molar-refractivity contribution in [3.63, 3.8) is 0 Å². The lowest BCUT2D eigenvalue weighted by molar-refractivity contribution is 1.57. The molecule has 2 aromatic carbocycles. The van der Waals surface area contributed by atoms with Crippen molar-refractivity contribution in [3.8, 4) is 0 Å². The van der Waals surface area contributed by atoms with E-state index in [-0.39, 0.29) is 6.90 Å². The monoisotopic (exact) mass is 196 g/mol. The van der Waals surface area contributed by atoms with E-state index >= 15 is 0 Å². The number of benzene rings is 2. The molecule has 0 saturated heterocycles. The molecule has 0 radical (unpaired) electrons. The van der Waals surface area contributed by atoms with Gasteiger partial charge in [0, 0.05) is 1.37 Å². The molecule has 2 rings (SSSR count). The highest BCUT2D eigenvalue weighted by molar-refractivity contribution is 5.79. The van der Waals surface area contributed by atoms with Crippen LogP contribution in [0, 0.1) is 0 Å². The zero-order chi connectivity index (χ0) is 12.1. The molecule has 0 N–H and O–H groups in total. The minimum atomic E-state index is 0.123. The number of hydrogen-bond donors (Lipinski definition) is 0. The molecule has 0 nitrogen and oxygen atoms in total. The van der Waals surface area contributed by atoms with Gasteiger partial charge in [0.25, 0.3) is 0 Å². The Hall–Kier alpha value is -1.82. The van der Waals surface area contributed by atoms with Gasteiger partial charge in [-0.1, -0.05) is 66.7 Å². The van der Waals surface area contributed by atoms with Gasteiger partial charge in [-0.15, -0.1) is 0 Å². The third-order valence-electron chi connectivity index (χ3n) is 2.19. The predicted octanol–water partition coefficient (Wildman–Crippen LogP) is 4.25. The third kappa shape index (κ3) is 2.57. The molecular formula is C15H14. The van der Waals surface area contributed by atoms with Crippen LogP contribution < -0.4 is 0 Å². The Bertz CT molecular complexity index is 501. The molecule has 0 unspecified atom stereocenters. The number of allylic oxidation sites excluding steroid dienone is 1. The van der Waals surface area contributed by atoms with Crippen LogP contribution in [0.5, 0.6) is 0 Å². The van der Waals surface area contributed by atoms with Crippen LogP contribution >= 0.6 is 0 Å². The van der Waals surface area contributed by atoms with E-state index in [1.807, 2.05) is 60.7 Å². The Balaban J connectivity index is 2.48. The van der Waals surface area contributed by atoms with Gasteiger partial charge in [0.15, 0.2) is 0 Å². The molecule has 74 valence electrons. The van der Waals surface area contributed by atoms with Crippen LogP contribution in [-0.2, 0) is 0 Å². The summed E-state index contributed by atoms with van der Waals surface area (Å²) in [4.78, 5) is 0. The molecule has 0 fully saturated rings. The second kappa shape index (κ2) is 4.61. The quantitative estimate of drug-likeness (QED) is 0.630. The van der Waals surface area contributed by atoms with Crippen molar-refractivity contribution in [1.82, 2.24) is 0 Å². The lowest BCUT2D eigenvalue weighted by Gasteiger charge is -2.01. The molecule has 0 aliphatic heterocycles. The average molecular weight is 196 g/mol. The van der Waals surface area contributed by atoms with Gasteiger partial charge in [-0.05, 0) is 23.6 Å². The van der Waals surface area contributed by atoms with E-state index in [1.165, 1.54) is 0 Å².